The molecule has 0 saturated heterocycles. The molecule has 0 aliphatic carbocycles. The summed E-state index contributed by atoms with van der Waals surface area (Å²) in [6.07, 6.45) is 1.85. The van der Waals surface area contributed by atoms with E-state index < -0.39 is 0 Å². The average molecular weight is 233 g/mol. The zero-order chi connectivity index (χ0) is 12.6. The maximum Gasteiger partial charge on any atom is 0.242 e. The summed E-state index contributed by atoms with van der Waals surface area (Å²) in [4.78, 5) is 8.88. The molecule has 0 bridgehead atoms. The Hall–Kier alpha value is -1.58. The fourth-order valence-corrected chi connectivity index (χ4v) is 1.87. The van der Waals surface area contributed by atoms with E-state index >= 15 is 0 Å². The van der Waals surface area contributed by atoms with Crippen molar-refractivity contribution in [1.29, 1.82) is 0 Å². The molecule has 2 heterocycles. The van der Waals surface area contributed by atoms with Crippen LogP contribution in [0.4, 0.5) is 0 Å². The Balaban J connectivity index is 2.72. The quantitative estimate of drug-likeness (QED) is 0.817. The largest absolute Gasteiger partial charge is 0.479 e. The second kappa shape index (κ2) is 4.35. The Kier molecular flexibility index (Phi) is 3.05. The third kappa shape index (κ3) is 1.99. The number of fused-ring (bicyclic) bond motifs is 1. The Morgan fingerprint density at radius 2 is 1.94 bits per heavy atom. The normalized spacial score (nSPS) is 11.7. The summed E-state index contributed by atoms with van der Waals surface area (Å²) < 4.78 is 7.47. The maximum atomic E-state index is 5.32. The van der Waals surface area contributed by atoms with E-state index in [2.05, 4.69) is 48.3 Å². The van der Waals surface area contributed by atoms with Crippen LogP contribution >= 0.6 is 0 Å². The highest BCUT2D eigenvalue weighted by molar-refractivity contribution is 5.80. The second-order valence-electron chi connectivity index (χ2n) is 4.82. The first-order valence-electron chi connectivity index (χ1n) is 5.96. The van der Waals surface area contributed by atoms with Crippen molar-refractivity contribution in [2.24, 2.45) is 0 Å². The minimum Gasteiger partial charge on any atom is -0.479 e. The number of pyridine rings is 1. The molecule has 0 aliphatic heterocycles. The molecule has 17 heavy (non-hydrogen) atoms. The third-order valence-corrected chi connectivity index (χ3v) is 2.89. The van der Waals surface area contributed by atoms with Crippen LogP contribution in [0.5, 0.6) is 5.88 Å². The van der Waals surface area contributed by atoms with Crippen molar-refractivity contribution < 1.29 is 4.74 Å². The number of imidazole rings is 1. The van der Waals surface area contributed by atoms with Crippen LogP contribution in [0.15, 0.2) is 12.4 Å². The molecule has 0 unspecified atom stereocenters. The fourth-order valence-electron chi connectivity index (χ4n) is 1.87. The van der Waals surface area contributed by atoms with E-state index in [-0.39, 0.29) is 0 Å². The van der Waals surface area contributed by atoms with Gasteiger partial charge in [0.1, 0.15) is 0 Å². The molecule has 4 heteroatoms. The average Bonchev–Trinajstić information content (AvgIpc) is 2.70. The molecule has 0 radical (unpaired) electrons. The summed E-state index contributed by atoms with van der Waals surface area (Å²) in [5, 5.41) is 0. The highest BCUT2D eigenvalue weighted by Gasteiger charge is 2.14. The van der Waals surface area contributed by atoms with Crippen LogP contribution in [0.25, 0.3) is 11.0 Å². The summed E-state index contributed by atoms with van der Waals surface area (Å²) in [6, 6.07) is 2.49. The van der Waals surface area contributed by atoms with Gasteiger partial charge in [-0.1, -0.05) is 13.8 Å². The van der Waals surface area contributed by atoms with E-state index in [1.54, 1.807) is 7.11 Å². The lowest BCUT2D eigenvalue weighted by Gasteiger charge is -2.11. The fraction of sp³-hybridized carbons (Fsp3) is 0.538. The Bertz CT molecular complexity index is 529. The van der Waals surface area contributed by atoms with Crippen LogP contribution in [0.3, 0.4) is 0 Å². The van der Waals surface area contributed by atoms with E-state index in [0.717, 1.165) is 16.7 Å². The SMILES string of the molecule is COc1nc(C(C)C)cc2c1ncn2C(C)C. The van der Waals surface area contributed by atoms with Crippen molar-refractivity contribution >= 4 is 11.0 Å². The Labute approximate surface area is 102 Å². The molecule has 0 atom stereocenters. The predicted molar refractivity (Wildman–Crippen MR) is 68.6 cm³/mol. The number of ether oxygens (including phenoxy) is 1. The smallest absolute Gasteiger partial charge is 0.242 e. The summed E-state index contributed by atoms with van der Waals surface area (Å²) >= 11 is 0. The molecule has 0 saturated carbocycles. The summed E-state index contributed by atoms with van der Waals surface area (Å²) in [7, 11) is 1.64. The lowest BCUT2D eigenvalue weighted by Crippen LogP contribution is -2.01. The molecule has 92 valence electrons. The van der Waals surface area contributed by atoms with Gasteiger partial charge in [-0.2, -0.15) is 0 Å². The number of aromatic nitrogens is 3. The van der Waals surface area contributed by atoms with E-state index in [9.17, 15) is 0 Å². The zero-order valence-electron chi connectivity index (χ0n) is 11.1. The van der Waals surface area contributed by atoms with Crippen LogP contribution in [-0.2, 0) is 0 Å². The van der Waals surface area contributed by atoms with E-state index in [1.807, 2.05) is 6.33 Å². The standard InChI is InChI=1S/C13H19N3O/c1-8(2)10-6-11-12(13(15-10)17-5)14-7-16(11)9(3)4/h6-9H,1-5H3. The number of hydrogen-bond acceptors (Lipinski definition) is 3. The van der Waals surface area contributed by atoms with Gasteiger partial charge in [0.15, 0.2) is 5.52 Å². The molecule has 0 fully saturated rings. The second-order valence-corrected chi connectivity index (χ2v) is 4.82. The molecule has 0 aliphatic rings. The van der Waals surface area contributed by atoms with Crippen LogP contribution < -0.4 is 4.74 Å². The van der Waals surface area contributed by atoms with Gasteiger partial charge < -0.3 is 9.30 Å². The van der Waals surface area contributed by atoms with E-state index in [4.69, 9.17) is 4.74 Å². The number of nitrogens with zero attached hydrogens (tertiary/aromatic N) is 3. The lowest BCUT2D eigenvalue weighted by atomic mass is 10.1. The Morgan fingerprint density at radius 3 is 2.47 bits per heavy atom. The van der Waals surface area contributed by atoms with E-state index in [0.29, 0.717) is 17.8 Å². The number of rotatable bonds is 3. The predicted octanol–water partition coefficient (Wildman–Crippen LogP) is 3.14. The van der Waals surface area contributed by atoms with Gasteiger partial charge in [0, 0.05) is 11.7 Å². The lowest BCUT2D eigenvalue weighted by molar-refractivity contribution is 0.400. The van der Waals surface area contributed by atoms with Gasteiger partial charge in [0.25, 0.3) is 0 Å². The van der Waals surface area contributed by atoms with Crippen molar-refractivity contribution in [1.82, 2.24) is 14.5 Å². The number of hydrogen-bond donors (Lipinski definition) is 0. The molecule has 0 spiro atoms. The highest BCUT2D eigenvalue weighted by Crippen LogP contribution is 2.27. The topological polar surface area (TPSA) is 39.9 Å². The minimum atomic E-state index is 0.379. The first kappa shape index (κ1) is 11.9. The molecule has 4 nitrogen and oxygen atoms in total. The summed E-state index contributed by atoms with van der Waals surface area (Å²) in [5.41, 5.74) is 2.97. The number of methoxy groups -OCH3 is 1. The maximum absolute atomic E-state index is 5.32. The first-order valence-corrected chi connectivity index (χ1v) is 5.96. The molecule has 0 N–H and O–H groups in total. The van der Waals surface area contributed by atoms with Crippen LogP contribution in [-0.4, -0.2) is 21.6 Å². The zero-order valence-corrected chi connectivity index (χ0v) is 11.1. The molecule has 0 aromatic carbocycles. The van der Waals surface area contributed by atoms with Gasteiger partial charge in [0.05, 0.1) is 19.0 Å². The Morgan fingerprint density at radius 1 is 1.24 bits per heavy atom. The monoisotopic (exact) mass is 233 g/mol. The molecule has 2 rings (SSSR count). The summed E-state index contributed by atoms with van der Waals surface area (Å²) in [6.45, 7) is 8.54. The van der Waals surface area contributed by atoms with Gasteiger partial charge in [-0.3, -0.25) is 0 Å². The van der Waals surface area contributed by atoms with Crippen molar-refractivity contribution in [3.8, 4) is 5.88 Å². The minimum absolute atomic E-state index is 0.379. The van der Waals surface area contributed by atoms with Crippen LogP contribution in [0.1, 0.15) is 45.3 Å². The van der Waals surface area contributed by atoms with Gasteiger partial charge in [-0.05, 0) is 25.8 Å². The molecular formula is C13H19N3O. The van der Waals surface area contributed by atoms with Crippen molar-refractivity contribution in [2.45, 2.75) is 39.7 Å². The van der Waals surface area contributed by atoms with Gasteiger partial charge >= 0.3 is 0 Å². The third-order valence-electron chi connectivity index (χ3n) is 2.89. The van der Waals surface area contributed by atoms with Gasteiger partial charge in [-0.25, -0.2) is 9.97 Å². The molecule has 2 aromatic heterocycles. The summed E-state index contributed by atoms with van der Waals surface area (Å²) in [5.74, 6) is 0.995. The van der Waals surface area contributed by atoms with Crippen molar-refractivity contribution in [2.75, 3.05) is 7.11 Å². The van der Waals surface area contributed by atoms with E-state index in [1.165, 1.54) is 0 Å². The van der Waals surface area contributed by atoms with Crippen molar-refractivity contribution in [3.05, 3.63) is 18.1 Å². The molecule has 2 aromatic rings. The highest BCUT2D eigenvalue weighted by atomic mass is 16.5. The van der Waals surface area contributed by atoms with Gasteiger partial charge in [-0.15, -0.1) is 0 Å². The van der Waals surface area contributed by atoms with Crippen LogP contribution in [0.2, 0.25) is 0 Å². The van der Waals surface area contributed by atoms with Crippen LogP contribution in [0, 0.1) is 0 Å². The van der Waals surface area contributed by atoms with Gasteiger partial charge in [0.2, 0.25) is 5.88 Å². The van der Waals surface area contributed by atoms with Crippen molar-refractivity contribution in [3.63, 3.8) is 0 Å². The molecule has 0 amide bonds. The molecular weight excluding hydrogens is 214 g/mol. The first-order chi connectivity index (χ1) is 8.04.